The number of aromatic nitrogens is 3. The fourth-order valence-corrected chi connectivity index (χ4v) is 8.82. The van der Waals surface area contributed by atoms with E-state index in [4.69, 9.17) is 19.7 Å². The Morgan fingerprint density at radius 2 is 1.24 bits per heavy atom. The van der Waals surface area contributed by atoms with Gasteiger partial charge in [0.25, 0.3) is 0 Å². The van der Waals surface area contributed by atoms with Gasteiger partial charge in [-0.1, -0.05) is 134 Å². The molecule has 1 aliphatic heterocycles. The number of nitrogens with zero attached hydrogens (tertiary/aromatic N) is 3. The summed E-state index contributed by atoms with van der Waals surface area (Å²) in [6, 6.07) is 43.3. The van der Waals surface area contributed by atoms with E-state index in [-0.39, 0.29) is 6.10 Å². The Morgan fingerprint density at radius 1 is 0.627 bits per heavy atom. The molecule has 2 heterocycles. The van der Waals surface area contributed by atoms with Crippen LogP contribution in [-0.2, 0) is 5.41 Å². The molecule has 10 rings (SSSR count). The maximum absolute atomic E-state index is 6.87. The van der Waals surface area contributed by atoms with E-state index in [1.165, 1.54) is 39.0 Å². The van der Waals surface area contributed by atoms with Crippen molar-refractivity contribution in [3.8, 4) is 51.0 Å². The minimum absolute atomic E-state index is 0.0383. The number of hydrogen-bond donors (Lipinski definition) is 0. The van der Waals surface area contributed by atoms with Gasteiger partial charge < -0.3 is 4.74 Å². The molecule has 0 radical (unpaired) electrons. The number of ether oxygens (including phenoxy) is 1. The van der Waals surface area contributed by atoms with Gasteiger partial charge >= 0.3 is 0 Å². The Kier molecular flexibility index (Phi) is 6.99. The van der Waals surface area contributed by atoms with Crippen LogP contribution in [0.1, 0.15) is 54.9 Å². The molecule has 2 unspecified atom stereocenters. The first-order chi connectivity index (χ1) is 25.2. The Hall–Kier alpha value is -5.87. The molecule has 1 aromatic heterocycles. The lowest BCUT2D eigenvalue weighted by atomic mass is 9.62. The van der Waals surface area contributed by atoms with E-state index in [9.17, 15) is 0 Å². The third-order valence-corrected chi connectivity index (χ3v) is 11.1. The summed E-state index contributed by atoms with van der Waals surface area (Å²) in [5, 5.41) is 0. The molecule has 5 aromatic carbocycles. The number of benzene rings is 5. The molecule has 0 fully saturated rings. The van der Waals surface area contributed by atoms with Crippen LogP contribution in [0.15, 0.2) is 151 Å². The van der Waals surface area contributed by atoms with E-state index < -0.39 is 5.41 Å². The molecule has 0 bridgehead atoms. The standard InChI is InChI=1S/C47H37N3O/c1-30-12-11-15-34(28-30)31-22-24-33(25-23-31)45-48-44(32-13-3-2-4-14-32)49-46(50-45)35-26-27-43-41(29-35)47(40-20-9-10-21-42(40)51-43)38-18-7-5-16-36(38)37-17-6-8-19-39(37)47/h2-8,11-20,22-27,29-30,42H,9-10,21,28H2,1H3. The van der Waals surface area contributed by atoms with E-state index in [1.807, 2.05) is 18.2 Å². The molecule has 4 nitrogen and oxygen atoms in total. The molecule has 0 amide bonds. The highest BCUT2D eigenvalue weighted by atomic mass is 16.5. The molecule has 0 N–H and O–H groups in total. The van der Waals surface area contributed by atoms with E-state index >= 15 is 0 Å². The highest BCUT2D eigenvalue weighted by Crippen LogP contribution is 2.62. The lowest BCUT2D eigenvalue weighted by Crippen LogP contribution is -2.43. The SMILES string of the molecule is CC1C=CC=C(c2ccc(-c3nc(-c4ccccc4)nc(-c4ccc5c(c4)C4(C6=CCCCC6O5)c5ccccc5-c5ccccc54)n3)cc2)C1. The molecular weight excluding hydrogens is 623 g/mol. The van der Waals surface area contributed by atoms with E-state index in [1.54, 1.807) is 0 Å². The van der Waals surface area contributed by atoms with Crippen LogP contribution in [0.5, 0.6) is 5.75 Å². The molecule has 2 atom stereocenters. The summed E-state index contributed by atoms with van der Waals surface area (Å²) in [6.45, 7) is 2.26. The summed E-state index contributed by atoms with van der Waals surface area (Å²) in [4.78, 5) is 15.4. The molecule has 4 heteroatoms. The number of fused-ring (bicyclic) bond motifs is 9. The van der Waals surface area contributed by atoms with Gasteiger partial charge in [0.1, 0.15) is 11.9 Å². The Bertz CT molecular complexity index is 2380. The zero-order valence-electron chi connectivity index (χ0n) is 28.6. The average molecular weight is 660 g/mol. The largest absolute Gasteiger partial charge is 0.486 e. The highest BCUT2D eigenvalue weighted by molar-refractivity contribution is 5.88. The zero-order chi connectivity index (χ0) is 33.9. The molecule has 246 valence electrons. The minimum Gasteiger partial charge on any atom is -0.486 e. The number of allylic oxidation sites excluding steroid dienone is 5. The van der Waals surface area contributed by atoms with Crippen molar-refractivity contribution in [1.82, 2.24) is 15.0 Å². The number of rotatable bonds is 4. The van der Waals surface area contributed by atoms with Gasteiger partial charge in [-0.3, -0.25) is 0 Å². The first-order valence-corrected chi connectivity index (χ1v) is 18.2. The molecule has 0 saturated carbocycles. The maximum Gasteiger partial charge on any atom is 0.164 e. The van der Waals surface area contributed by atoms with Gasteiger partial charge in [-0.05, 0) is 88.8 Å². The van der Waals surface area contributed by atoms with Gasteiger partial charge in [0, 0.05) is 22.3 Å². The summed E-state index contributed by atoms with van der Waals surface area (Å²) in [5.41, 5.74) is 12.8. The first-order valence-electron chi connectivity index (χ1n) is 18.2. The summed E-state index contributed by atoms with van der Waals surface area (Å²) < 4.78 is 6.87. The van der Waals surface area contributed by atoms with Crippen molar-refractivity contribution in [2.75, 3.05) is 0 Å². The summed E-state index contributed by atoms with van der Waals surface area (Å²) in [5.74, 6) is 3.44. The van der Waals surface area contributed by atoms with Crippen molar-refractivity contribution in [2.45, 2.75) is 44.1 Å². The summed E-state index contributed by atoms with van der Waals surface area (Å²) >= 11 is 0. The van der Waals surface area contributed by atoms with Crippen LogP contribution < -0.4 is 4.74 Å². The van der Waals surface area contributed by atoms with E-state index in [0.29, 0.717) is 23.4 Å². The minimum atomic E-state index is -0.448. The van der Waals surface area contributed by atoms with Crippen molar-refractivity contribution >= 4 is 5.57 Å². The third kappa shape index (κ3) is 4.77. The normalized spacial score (nSPS) is 19.2. The second-order valence-corrected chi connectivity index (χ2v) is 14.3. The van der Waals surface area contributed by atoms with Crippen molar-refractivity contribution in [3.05, 3.63) is 173 Å². The molecule has 51 heavy (non-hydrogen) atoms. The van der Waals surface area contributed by atoms with Crippen LogP contribution in [0.2, 0.25) is 0 Å². The number of hydrogen-bond acceptors (Lipinski definition) is 4. The van der Waals surface area contributed by atoms with Crippen LogP contribution in [0, 0.1) is 5.92 Å². The Balaban J connectivity index is 1.16. The van der Waals surface area contributed by atoms with Crippen molar-refractivity contribution in [1.29, 1.82) is 0 Å². The molecule has 6 aromatic rings. The predicted octanol–water partition coefficient (Wildman–Crippen LogP) is 11.0. The van der Waals surface area contributed by atoms with Gasteiger partial charge in [0.2, 0.25) is 0 Å². The van der Waals surface area contributed by atoms with Crippen LogP contribution in [-0.4, -0.2) is 21.1 Å². The van der Waals surface area contributed by atoms with Gasteiger partial charge in [0.15, 0.2) is 17.5 Å². The second-order valence-electron chi connectivity index (χ2n) is 14.3. The topological polar surface area (TPSA) is 47.9 Å². The van der Waals surface area contributed by atoms with Gasteiger partial charge in [-0.25, -0.2) is 15.0 Å². The fourth-order valence-electron chi connectivity index (χ4n) is 8.82. The van der Waals surface area contributed by atoms with E-state index in [0.717, 1.165) is 53.7 Å². The monoisotopic (exact) mass is 659 g/mol. The van der Waals surface area contributed by atoms with Crippen molar-refractivity contribution < 1.29 is 4.74 Å². The summed E-state index contributed by atoms with van der Waals surface area (Å²) in [7, 11) is 0. The molecule has 1 spiro atoms. The van der Waals surface area contributed by atoms with E-state index in [2.05, 4.69) is 134 Å². The smallest absolute Gasteiger partial charge is 0.164 e. The zero-order valence-corrected chi connectivity index (χ0v) is 28.6. The molecule has 0 saturated heterocycles. The lowest BCUT2D eigenvalue weighted by molar-refractivity contribution is 0.185. The van der Waals surface area contributed by atoms with Gasteiger partial charge in [-0.2, -0.15) is 0 Å². The predicted molar refractivity (Wildman–Crippen MR) is 205 cm³/mol. The van der Waals surface area contributed by atoms with Crippen LogP contribution in [0.25, 0.3) is 50.9 Å². The summed E-state index contributed by atoms with van der Waals surface area (Å²) in [6.07, 6.45) is 13.4. The van der Waals surface area contributed by atoms with Gasteiger partial charge in [0.05, 0.1) is 5.41 Å². The van der Waals surface area contributed by atoms with Crippen LogP contribution >= 0.6 is 0 Å². The Morgan fingerprint density at radius 3 is 1.94 bits per heavy atom. The first kappa shape index (κ1) is 30.0. The second kappa shape index (κ2) is 11.9. The average Bonchev–Trinajstić information content (AvgIpc) is 3.49. The molecule has 4 aliphatic rings. The fraction of sp³-hybridized carbons (Fsp3) is 0.170. The highest BCUT2D eigenvalue weighted by Gasteiger charge is 2.53. The Labute approximate surface area is 299 Å². The quantitative estimate of drug-likeness (QED) is 0.177. The van der Waals surface area contributed by atoms with Crippen LogP contribution in [0.3, 0.4) is 0 Å². The molecular formula is C47H37N3O. The van der Waals surface area contributed by atoms with Gasteiger partial charge in [-0.15, -0.1) is 0 Å². The third-order valence-electron chi connectivity index (χ3n) is 11.1. The van der Waals surface area contributed by atoms with Crippen molar-refractivity contribution in [2.24, 2.45) is 5.92 Å². The maximum atomic E-state index is 6.87. The van der Waals surface area contributed by atoms with Crippen molar-refractivity contribution in [3.63, 3.8) is 0 Å². The lowest BCUT2D eigenvalue weighted by Gasteiger charge is -2.45. The molecule has 3 aliphatic carbocycles. The van der Waals surface area contributed by atoms with Crippen LogP contribution in [0.4, 0.5) is 0 Å².